The zero-order chi connectivity index (χ0) is 25.8. The third kappa shape index (κ3) is 4.14. The summed E-state index contributed by atoms with van der Waals surface area (Å²) in [6.45, 7) is 1.91. The van der Waals surface area contributed by atoms with E-state index in [1.807, 2.05) is 6.92 Å². The van der Waals surface area contributed by atoms with Gasteiger partial charge in [0.05, 0.1) is 47.7 Å². The minimum atomic E-state index is -1.24. The molecule has 1 amide bonds. The van der Waals surface area contributed by atoms with Crippen LogP contribution < -0.4 is 16.4 Å². The Morgan fingerprint density at radius 3 is 2.47 bits per heavy atom. The van der Waals surface area contributed by atoms with Crippen molar-refractivity contribution in [1.29, 1.82) is 0 Å². The minimum Gasteiger partial charge on any atom is -0.380 e. The molecule has 4 N–H and O–H groups in total. The smallest absolute Gasteiger partial charge is 0.223 e. The van der Waals surface area contributed by atoms with E-state index in [1.54, 1.807) is 14.2 Å². The van der Waals surface area contributed by atoms with E-state index in [4.69, 9.17) is 31.5 Å². The lowest BCUT2D eigenvalue weighted by Crippen LogP contribution is -2.74. The second-order valence-electron chi connectivity index (χ2n) is 11.5. The highest BCUT2D eigenvalue weighted by Gasteiger charge is 2.70. The Morgan fingerprint density at radius 1 is 1.14 bits per heavy atom. The van der Waals surface area contributed by atoms with Crippen molar-refractivity contribution in [3.63, 3.8) is 0 Å². The first-order valence-corrected chi connectivity index (χ1v) is 13.9. The van der Waals surface area contributed by atoms with Crippen LogP contribution in [0.15, 0.2) is 0 Å². The molecular weight excluding hydrogens is 486 g/mol. The maximum absolute atomic E-state index is 14.3. The first-order valence-electron chi connectivity index (χ1n) is 13.5. The Morgan fingerprint density at radius 2 is 1.83 bits per heavy atom. The Balaban J connectivity index is 1.50. The fraction of sp³-hybridized carbons (Fsp3) is 0.885. The molecule has 5 fully saturated rings. The number of amides is 1. The Labute approximate surface area is 217 Å². The Kier molecular flexibility index (Phi) is 7.53. The summed E-state index contributed by atoms with van der Waals surface area (Å²) in [5.41, 5.74) is 4.59. The summed E-state index contributed by atoms with van der Waals surface area (Å²) < 4.78 is 18.1. The number of Topliss-reactive ketones (excluding diaryl/α,β-unsaturated/α-hetero) is 2. The molecule has 3 aliphatic carbocycles. The van der Waals surface area contributed by atoms with Gasteiger partial charge < -0.3 is 19.9 Å². The number of hydrogen-bond acceptors (Lipinski definition) is 8. The van der Waals surface area contributed by atoms with Gasteiger partial charge in [-0.3, -0.25) is 25.0 Å². The number of primary amides is 1. The zero-order valence-corrected chi connectivity index (χ0v) is 22.2. The number of nitrogens with one attached hydrogen (secondary N) is 2. The van der Waals surface area contributed by atoms with Crippen LogP contribution in [-0.2, 0) is 28.6 Å². The number of methoxy groups -OCH3 is 2. The topological polar surface area (TPSA) is 129 Å². The molecule has 0 bridgehead atoms. The average molecular weight is 526 g/mol. The van der Waals surface area contributed by atoms with Crippen LogP contribution in [0.3, 0.4) is 0 Å². The van der Waals surface area contributed by atoms with Gasteiger partial charge in [0.2, 0.25) is 5.91 Å². The molecule has 9 nitrogen and oxygen atoms in total. The molecule has 1 spiro atoms. The van der Waals surface area contributed by atoms with E-state index in [0.29, 0.717) is 12.8 Å². The third-order valence-corrected chi connectivity index (χ3v) is 10.2. The molecule has 3 saturated carbocycles. The van der Waals surface area contributed by atoms with Gasteiger partial charge >= 0.3 is 0 Å². The van der Waals surface area contributed by atoms with Gasteiger partial charge in [0.25, 0.3) is 0 Å². The summed E-state index contributed by atoms with van der Waals surface area (Å²) in [4.78, 5) is 40.2. The number of nitrogens with two attached hydrogens (primary N) is 1. The monoisotopic (exact) mass is 525 g/mol. The molecule has 0 aromatic rings. The average Bonchev–Trinajstić information content (AvgIpc) is 3.18. The number of piperidine rings is 1. The van der Waals surface area contributed by atoms with Crippen LogP contribution in [-0.4, -0.2) is 79.2 Å². The molecule has 0 aromatic heterocycles. The van der Waals surface area contributed by atoms with Crippen molar-refractivity contribution < 1.29 is 28.6 Å². The minimum absolute atomic E-state index is 0.0414. The van der Waals surface area contributed by atoms with Crippen LogP contribution in [0, 0.1) is 23.7 Å². The lowest BCUT2D eigenvalue weighted by Gasteiger charge is -2.53. The standard InChI is InChI=1S/C26H40ClN3O6/c1-12-9-16(31)14-10-15(24(28)33)25(29-13-7-5-4-6-8-13)30-22(14)26(12)23(32)19-17(34-2)11-18(35-3)20(27)21(19)36-26/h12-15,17-22,25,29-30H,4-11H2,1-3H3,(H2,28,33)/t12-,14?,15?,17?,18?,19?,20?,21?,22?,25?,26+/m1/s1. The Bertz CT molecular complexity index is 884. The van der Waals surface area contributed by atoms with Crippen LogP contribution in [0.25, 0.3) is 0 Å². The summed E-state index contributed by atoms with van der Waals surface area (Å²) >= 11 is 6.83. The lowest BCUT2D eigenvalue weighted by atomic mass is 9.60. The van der Waals surface area contributed by atoms with E-state index in [1.165, 1.54) is 6.42 Å². The van der Waals surface area contributed by atoms with E-state index in [0.717, 1.165) is 25.7 Å². The predicted molar refractivity (Wildman–Crippen MR) is 132 cm³/mol. The van der Waals surface area contributed by atoms with Gasteiger partial charge in [0, 0.05) is 44.9 Å². The highest BCUT2D eigenvalue weighted by atomic mass is 35.5. The molecule has 2 heterocycles. The van der Waals surface area contributed by atoms with Gasteiger partial charge in [-0.2, -0.15) is 0 Å². The number of alkyl halides is 1. The molecule has 2 aliphatic heterocycles. The van der Waals surface area contributed by atoms with E-state index in [2.05, 4.69) is 10.6 Å². The number of ketones is 2. The molecule has 202 valence electrons. The lowest BCUT2D eigenvalue weighted by molar-refractivity contribution is -0.174. The summed E-state index contributed by atoms with van der Waals surface area (Å²) in [5.74, 6) is -2.44. The fourth-order valence-electron chi connectivity index (χ4n) is 7.77. The molecule has 11 atom stereocenters. The number of ether oxygens (including phenoxy) is 3. The molecule has 9 unspecified atom stereocenters. The van der Waals surface area contributed by atoms with E-state index in [-0.39, 0.29) is 42.2 Å². The van der Waals surface area contributed by atoms with E-state index in [9.17, 15) is 14.4 Å². The van der Waals surface area contributed by atoms with Crippen molar-refractivity contribution in [1.82, 2.24) is 10.6 Å². The zero-order valence-electron chi connectivity index (χ0n) is 21.4. The van der Waals surface area contributed by atoms with Gasteiger partial charge in [-0.25, -0.2) is 0 Å². The molecule has 0 radical (unpaired) electrons. The fourth-order valence-corrected chi connectivity index (χ4v) is 8.19. The summed E-state index contributed by atoms with van der Waals surface area (Å²) in [6, 6.07) is -0.316. The number of carbonyl (C=O) groups excluding carboxylic acids is 3. The van der Waals surface area contributed by atoms with Gasteiger partial charge in [-0.1, -0.05) is 26.2 Å². The summed E-state index contributed by atoms with van der Waals surface area (Å²) in [6.07, 6.45) is 4.84. The molecular formula is C26H40ClN3O6. The number of carbonyl (C=O) groups is 3. The molecule has 2 saturated heterocycles. The van der Waals surface area contributed by atoms with Crippen molar-refractivity contribution in [3.8, 4) is 0 Å². The van der Waals surface area contributed by atoms with Crippen LogP contribution in [0.4, 0.5) is 0 Å². The van der Waals surface area contributed by atoms with Crippen LogP contribution in [0.5, 0.6) is 0 Å². The van der Waals surface area contributed by atoms with Crippen molar-refractivity contribution in [2.75, 3.05) is 14.2 Å². The van der Waals surface area contributed by atoms with Crippen LogP contribution >= 0.6 is 11.6 Å². The van der Waals surface area contributed by atoms with Gasteiger partial charge in [0.1, 0.15) is 11.4 Å². The van der Waals surface area contributed by atoms with Gasteiger partial charge in [-0.15, -0.1) is 11.6 Å². The van der Waals surface area contributed by atoms with Crippen molar-refractivity contribution in [3.05, 3.63) is 0 Å². The predicted octanol–water partition coefficient (Wildman–Crippen LogP) is 1.29. The normalized spacial score (nSPS) is 47.6. The first-order chi connectivity index (χ1) is 17.2. The third-order valence-electron chi connectivity index (χ3n) is 9.69. The summed E-state index contributed by atoms with van der Waals surface area (Å²) in [5, 5.41) is 6.65. The van der Waals surface area contributed by atoms with Crippen molar-refractivity contribution in [2.45, 2.75) is 106 Å². The SMILES string of the molecule is COC1CC(OC)C2C(=O)[C@@]3(OC2C1Cl)C1NC(NC2CCCCC2)C(C(N)=O)CC1C(=O)C[C@H]3C. The maximum atomic E-state index is 14.3. The number of halogens is 1. The quantitative estimate of drug-likeness (QED) is 0.458. The van der Waals surface area contributed by atoms with Gasteiger partial charge in [-0.05, 0) is 19.3 Å². The molecule has 10 heteroatoms. The maximum Gasteiger partial charge on any atom is 0.223 e. The number of hydrogen-bond donors (Lipinski definition) is 3. The highest BCUT2D eigenvalue weighted by Crippen LogP contribution is 2.53. The highest BCUT2D eigenvalue weighted by molar-refractivity contribution is 6.22. The summed E-state index contributed by atoms with van der Waals surface area (Å²) in [7, 11) is 3.20. The number of fused-ring (bicyclic) bond motifs is 3. The first kappa shape index (κ1) is 26.5. The molecule has 0 aromatic carbocycles. The van der Waals surface area contributed by atoms with Crippen molar-refractivity contribution >= 4 is 29.1 Å². The van der Waals surface area contributed by atoms with E-state index < -0.39 is 53.0 Å². The molecule has 36 heavy (non-hydrogen) atoms. The molecule has 5 aliphatic rings. The van der Waals surface area contributed by atoms with Crippen LogP contribution in [0.2, 0.25) is 0 Å². The van der Waals surface area contributed by atoms with Gasteiger partial charge in [0.15, 0.2) is 5.78 Å². The van der Waals surface area contributed by atoms with Crippen molar-refractivity contribution in [2.24, 2.45) is 29.4 Å². The number of rotatable bonds is 5. The van der Waals surface area contributed by atoms with E-state index >= 15 is 0 Å². The second-order valence-corrected chi connectivity index (χ2v) is 12.0. The largest absolute Gasteiger partial charge is 0.380 e. The second kappa shape index (κ2) is 10.2. The molecule has 5 rings (SSSR count). The van der Waals surface area contributed by atoms with Crippen LogP contribution in [0.1, 0.15) is 58.3 Å². The Hall–Kier alpha value is -1.10.